The number of rotatable bonds is 1. The second-order valence-electron chi connectivity index (χ2n) is 4.27. The lowest BCUT2D eigenvalue weighted by Gasteiger charge is -2.24. The zero-order chi connectivity index (χ0) is 9.54. The van der Waals surface area contributed by atoms with E-state index in [1.54, 1.807) is 0 Å². The van der Waals surface area contributed by atoms with Crippen LogP contribution < -0.4 is 0 Å². The highest BCUT2D eigenvalue weighted by molar-refractivity contribution is 5.84. The molecule has 3 rings (SSSR count). The first-order valence-electron chi connectivity index (χ1n) is 5.31. The van der Waals surface area contributed by atoms with Crippen molar-refractivity contribution in [2.75, 3.05) is 0 Å². The summed E-state index contributed by atoms with van der Waals surface area (Å²) in [6.45, 7) is 0. The Morgan fingerprint density at radius 2 is 2.29 bits per heavy atom. The van der Waals surface area contributed by atoms with Crippen LogP contribution in [0.2, 0.25) is 0 Å². The Morgan fingerprint density at radius 1 is 1.43 bits per heavy atom. The summed E-state index contributed by atoms with van der Waals surface area (Å²) in [5, 5.41) is 1.40. The van der Waals surface area contributed by atoms with E-state index < -0.39 is 0 Å². The first-order chi connectivity index (χ1) is 6.86. The summed E-state index contributed by atoms with van der Waals surface area (Å²) in [5.41, 5.74) is 2.87. The number of aromatic nitrogens is 1. The molecule has 1 aromatic carbocycles. The Hall–Kier alpha value is -1.24. The lowest BCUT2D eigenvalue weighted by molar-refractivity contribution is 0.421. The highest BCUT2D eigenvalue weighted by Gasteiger charge is 2.22. The van der Waals surface area contributed by atoms with Crippen molar-refractivity contribution in [3.05, 3.63) is 36.0 Å². The van der Waals surface area contributed by atoms with E-state index in [9.17, 15) is 0 Å². The quantitative estimate of drug-likeness (QED) is 0.641. The third kappa shape index (κ3) is 1.02. The molecular formula is C13H14N. The molecule has 0 amide bonds. The summed E-state index contributed by atoms with van der Waals surface area (Å²) in [4.78, 5) is 0. The molecule has 0 spiro atoms. The van der Waals surface area contributed by atoms with Crippen LogP contribution in [0.3, 0.4) is 0 Å². The van der Waals surface area contributed by atoms with Crippen molar-refractivity contribution in [2.24, 2.45) is 7.05 Å². The van der Waals surface area contributed by atoms with Gasteiger partial charge in [-0.2, -0.15) is 0 Å². The first kappa shape index (κ1) is 8.10. The Morgan fingerprint density at radius 3 is 3.00 bits per heavy atom. The summed E-state index contributed by atoms with van der Waals surface area (Å²) in [5.74, 6) is 0.814. The molecule has 1 radical (unpaired) electrons. The summed E-state index contributed by atoms with van der Waals surface area (Å²) in [6.07, 6.45) is 6.43. The average molecular weight is 184 g/mol. The number of hydrogen-bond acceptors (Lipinski definition) is 0. The van der Waals surface area contributed by atoms with Crippen LogP contribution in [0.4, 0.5) is 0 Å². The van der Waals surface area contributed by atoms with Crippen molar-refractivity contribution in [3.8, 4) is 0 Å². The lowest BCUT2D eigenvalue weighted by atomic mass is 9.80. The Kier molecular flexibility index (Phi) is 1.66. The molecule has 71 valence electrons. The average Bonchev–Trinajstić information content (AvgIpc) is 2.43. The van der Waals surface area contributed by atoms with Crippen LogP contribution in [0.25, 0.3) is 10.9 Å². The van der Waals surface area contributed by atoms with E-state index in [4.69, 9.17) is 0 Å². The van der Waals surface area contributed by atoms with Crippen molar-refractivity contribution in [1.82, 2.24) is 4.57 Å². The number of fused-ring (bicyclic) bond motifs is 1. The molecule has 1 nitrogen and oxygen atoms in total. The molecule has 0 bridgehead atoms. The second-order valence-corrected chi connectivity index (χ2v) is 4.27. The molecule has 1 heteroatoms. The van der Waals surface area contributed by atoms with Gasteiger partial charge in [-0.15, -0.1) is 0 Å². The largest absolute Gasteiger partial charge is 0.350 e. The van der Waals surface area contributed by atoms with Crippen LogP contribution in [0.15, 0.2) is 24.4 Å². The third-order valence-electron chi connectivity index (χ3n) is 3.41. The van der Waals surface area contributed by atoms with Gasteiger partial charge in [0.2, 0.25) is 0 Å². The van der Waals surface area contributed by atoms with Crippen molar-refractivity contribution in [3.63, 3.8) is 0 Å². The van der Waals surface area contributed by atoms with Gasteiger partial charge >= 0.3 is 0 Å². The fourth-order valence-corrected chi connectivity index (χ4v) is 2.35. The molecule has 0 N–H and O–H groups in total. The van der Waals surface area contributed by atoms with Gasteiger partial charge in [0, 0.05) is 24.1 Å². The van der Waals surface area contributed by atoms with Gasteiger partial charge in [0.1, 0.15) is 0 Å². The Labute approximate surface area is 84.4 Å². The van der Waals surface area contributed by atoms with E-state index in [1.165, 1.54) is 35.7 Å². The van der Waals surface area contributed by atoms with Gasteiger partial charge in [-0.25, -0.2) is 0 Å². The molecule has 14 heavy (non-hydrogen) atoms. The summed E-state index contributed by atoms with van der Waals surface area (Å²) in [7, 11) is 2.13. The van der Waals surface area contributed by atoms with Crippen molar-refractivity contribution in [2.45, 2.75) is 25.2 Å². The maximum absolute atomic E-state index is 3.18. The van der Waals surface area contributed by atoms with Gasteiger partial charge in [0.15, 0.2) is 0 Å². The van der Waals surface area contributed by atoms with Crippen molar-refractivity contribution >= 4 is 10.9 Å². The standard InChI is InChI=1S/C13H14N/c1-14-9-12(10-5-4-6-10)11-7-2-3-8-13(11)14/h3,7-10H,4-6H2,1H3. The van der Waals surface area contributed by atoms with Crippen LogP contribution in [-0.2, 0) is 7.05 Å². The lowest BCUT2D eigenvalue weighted by Crippen LogP contribution is -2.07. The minimum absolute atomic E-state index is 0.814. The summed E-state index contributed by atoms with van der Waals surface area (Å²) < 4.78 is 2.23. The SMILES string of the molecule is Cn1cc(C2CCC2)c2c[c]ccc21. The van der Waals surface area contributed by atoms with Crippen molar-refractivity contribution in [1.29, 1.82) is 0 Å². The molecule has 0 aliphatic heterocycles. The fourth-order valence-electron chi connectivity index (χ4n) is 2.35. The van der Waals surface area contributed by atoms with Crippen LogP contribution in [0, 0.1) is 6.07 Å². The predicted molar refractivity (Wildman–Crippen MR) is 58.3 cm³/mol. The van der Waals surface area contributed by atoms with Crippen LogP contribution in [0.5, 0.6) is 0 Å². The van der Waals surface area contributed by atoms with Crippen LogP contribution in [-0.4, -0.2) is 4.57 Å². The highest BCUT2D eigenvalue weighted by atomic mass is 14.9. The number of nitrogens with zero attached hydrogens (tertiary/aromatic N) is 1. The minimum atomic E-state index is 0.814. The van der Waals surface area contributed by atoms with Gasteiger partial charge < -0.3 is 4.57 Å². The van der Waals surface area contributed by atoms with Gasteiger partial charge in [-0.1, -0.05) is 12.5 Å². The van der Waals surface area contributed by atoms with Crippen LogP contribution in [0.1, 0.15) is 30.7 Å². The second kappa shape index (κ2) is 2.88. The van der Waals surface area contributed by atoms with Gasteiger partial charge in [-0.05, 0) is 42.5 Å². The molecule has 0 atom stereocenters. The summed E-state index contributed by atoms with van der Waals surface area (Å²) in [6, 6.07) is 9.45. The molecule has 2 aromatic rings. The maximum Gasteiger partial charge on any atom is 0.0481 e. The Balaban J connectivity index is 2.23. The predicted octanol–water partition coefficient (Wildman–Crippen LogP) is 3.25. The van der Waals surface area contributed by atoms with E-state index in [2.05, 4.69) is 36.0 Å². The van der Waals surface area contributed by atoms with Gasteiger partial charge in [0.05, 0.1) is 0 Å². The molecular weight excluding hydrogens is 170 g/mol. The molecule has 0 saturated heterocycles. The number of benzene rings is 1. The first-order valence-corrected chi connectivity index (χ1v) is 5.31. The minimum Gasteiger partial charge on any atom is -0.350 e. The van der Waals surface area contributed by atoms with E-state index in [0.717, 1.165) is 5.92 Å². The monoisotopic (exact) mass is 184 g/mol. The van der Waals surface area contributed by atoms with Gasteiger partial charge in [0.25, 0.3) is 0 Å². The maximum atomic E-state index is 3.18. The zero-order valence-corrected chi connectivity index (χ0v) is 8.46. The third-order valence-corrected chi connectivity index (χ3v) is 3.41. The normalized spacial score (nSPS) is 17.2. The zero-order valence-electron chi connectivity index (χ0n) is 8.46. The van der Waals surface area contributed by atoms with E-state index in [1.807, 2.05) is 6.07 Å². The van der Waals surface area contributed by atoms with E-state index >= 15 is 0 Å². The summed E-state index contributed by atoms with van der Waals surface area (Å²) >= 11 is 0. The van der Waals surface area contributed by atoms with E-state index in [-0.39, 0.29) is 0 Å². The molecule has 1 aromatic heterocycles. The number of hydrogen-bond donors (Lipinski definition) is 0. The fraction of sp³-hybridized carbons (Fsp3) is 0.385. The molecule has 1 aliphatic carbocycles. The van der Waals surface area contributed by atoms with Gasteiger partial charge in [-0.3, -0.25) is 0 Å². The number of aryl methyl sites for hydroxylation is 1. The topological polar surface area (TPSA) is 4.93 Å². The smallest absolute Gasteiger partial charge is 0.0481 e. The molecule has 1 saturated carbocycles. The molecule has 0 unspecified atom stereocenters. The van der Waals surface area contributed by atoms with E-state index in [0.29, 0.717) is 0 Å². The molecule has 1 aliphatic rings. The molecule has 1 fully saturated rings. The highest BCUT2D eigenvalue weighted by Crippen LogP contribution is 2.40. The van der Waals surface area contributed by atoms with Crippen molar-refractivity contribution < 1.29 is 0 Å². The van der Waals surface area contributed by atoms with Crippen LogP contribution >= 0.6 is 0 Å². The molecule has 1 heterocycles. The Bertz CT molecular complexity index is 463.